The first-order valence-corrected chi connectivity index (χ1v) is 9.41. The molecule has 0 radical (unpaired) electrons. The molecule has 1 aromatic rings. The van der Waals surface area contributed by atoms with Crippen molar-refractivity contribution < 1.29 is 9.90 Å². The first-order chi connectivity index (χ1) is 12.0. The van der Waals surface area contributed by atoms with Crippen LogP contribution in [0.25, 0.3) is 0 Å². The second-order valence-electron chi connectivity index (χ2n) is 7.63. The minimum absolute atomic E-state index is 0.0926. The third kappa shape index (κ3) is 6.33. The van der Waals surface area contributed by atoms with Gasteiger partial charge in [-0.15, -0.1) is 0 Å². The molecular formula is C20H33N3O2. The van der Waals surface area contributed by atoms with Crippen molar-refractivity contribution >= 4 is 6.03 Å². The summed E-state index contributed by atoms with van der Waals surface area (Å²) in [6.45, 7) is 10.2. The van der Waals surface area contributed by atoms with Crippen LogP contribution in [0, 0.1) is 17.8 Å². The number of piperidine rings is 1. The van der Waals surface area contributed by atoms with Crippen LogP contribution in [0.4, 0.5) is 4.79 Å². The first kappa shape index (κ1) is 19.7. The lowest BCUT2D eigenvalue weighted by Gasteiger charge is -2.41. The molecule has 0 aromatic heterocycles. The highest BCUT2D eigenvalue weighted by Gasteiger charge is 2.32. The van der Waals surface area contributed by atoms with Crippen LogP contribution in [0.3, 0.4) is 0 Å². The van der Waals surface area contributed by atoms with Crippen LogP contribution in [-0.4, -0.2) is 48.3 Å². The summed E-state index contributed by atoms with van der Waals surface area (Å²) in [6, 6.07) is 10.6. The molecule has 1 aliphatic heterocycles. The molecular weight excluding hydrogens is 314 g/mol. The SMILES string of the molecule is CC(CCO)CNC(=O)NC1C(C)CN(Cc2ccccc2)CC1C. The number of rotatable bonds is 7. The third-order valence-corrected chi connectivity index (χ3v) is 5.10. The monoisotopic (exact) mass is 347 g/mol. The fourth-order valence-corrected chi connectivity index (χ4v) is 3.72. The van der Waals surface area contributed by atoms with E-state index in [2.05, 4.69) is 53.6 Å². The van der Waals surface area contributed by atoms with Crippen LogP contribution < -0.4 is 10.6 Å². The van der Waals surface area contributed by atoms with Gasteiger partial charge in [-0.2, -0.15) is 0 Å². The maximum absolute atomic E-state index is 12.2. The highest BCUT2D eigenvalue weighted by atomic mass is 16.3. The zero-order valence-corrected chi connectivity index (χ0v) is 15.7. The topological polar surface area (TPSA) is 64.6 Å². The van der Waals surface area contributed by atoms with Crippen molar-refractivity contribution in [2.45, 2.75) is 39.8 Å². The van der Waals surface area contributed by atoms with Crippen molar-refractivity contribution in [3.63, 3.8) is 0 Å². The van der Waals surface area contributed by atoms with Crippen molar-refractivity contribution in [3.05, 3.63) is 35.9 Å². The van der Waals surface area contributed by atoms with E-state index in [1.165, 1.54) is 5.56 Å². The van der Waals surface area contributed by atoms with Crippen molar-refractivity contribution in [1.29, 1.82) is 0 Å². The standard InChI is InChI=1S/C20H33N3O2/c1-15(9-10-24)11-21-20(25)22-19-16(2)12-23(13-17(19)3)14-18-7-5-4-6-8-18/h4-8,15-17,19,24H,9-14H2,1-3H3,(H2,21,22,25). The van der Waals surface area contributed by atoms with Crippen LogP contribution in [0.5, 0.6) is 0 Å². The van der Waals surface area contributed by atoms with E-state index in [1.807, 2.05) is 13.0 Å². The summed E-state index contributed by atoms with van der Waals surface area (Å²) in [4.78, 5) is 14.7. The highest BCUT2D eigenvalue weighted by molar-refractivity contribution is 5.74. The van der Waals surface area contributed by atoms with Gasteiger partial charge in [0.15, 0.2) is 0 Å². The highest BCUT2D eigenvalue weighted by Crippen LogP contribution is 2.23. The van der Waals surface area contributed by atoms with Gasteiger partial charge in [0.1, 0.15) is 0 Å². The van der Waals surface area contributed by atoms with Gasteiger partial charge < -0.3 is 15.7 Å². The Balaban J connectivity index is 1.80. The second-order valence-corrected chi connectivity index (χ2v) is 7.63. The molecule has 2 rings (SSSR count). The lowest BCUT2D eigenvalue weighted by atomic mass is 9.85. The number of aliphatic hydroxyl groups excluding tert-OH is 1. The molecule has 1 saturated heterocycles. The molecule has 0 spiro atoms. The van der Waals surface area contributed by atoms with Gasteiger partial charge in [-0.3, -0.25) is 4.90 Å². The van der Waals surface area contributed by atoms with E-state index in [1.54, 1.807) is 0 Å². The Morgan fingerprint density at radius 1 is 1.24 bits per heavy atom. The van der Waals surface area contributed by atoms with Crippen LogP contribution in [0.15, 0.2) is 30.3 Å². The number of amides is 2. The Hall–Kier alpha value is -1.59. The average Bonchev–Trinajstić information content (AvgIpc) is 2.57. The van der Waals surface area contributed by atoms with Gasteiger partial charge in [0.05, 0.1) is 0 Å². The van der Waals surface area contributed by atoms with Gasteiger partial charge in [-0.05, 0) is 29.7 Å². The molecule has 0 aliphatic carbocycles. The molecule has 1 aliphatic rings. The molecule has 1 fully saturated rings. The molecule has 25 heavy (non-hydrogen) atoms. The summed E-state index contributed by atoms with van der Waals surface area (Å²) < 4.78 is 0. The number of aliphatic hydroxyl groups is 1. The van der Waals surface area contributed by atoms with E-state index in [-0.39, 0.29) is 18.7 Å². The summed E-state index contributed by atoms with van der Waals surface area (Å²) in [5, 5.41) is 15.0. The Morgan fingerprint density at radius 3 is 2.48 bits per heavy atom. The fourth-order valence-electron chi connectivity index (χ4n) is 3.72. The molecule has 140 valence electrons. The summed E-state index contributed by atoms with van der Waals surface area (Å²) in [7, 11) is 0. The minimum Gasteiger partial charge on any atom is -0.396 e. The normalized spacial score (nSPS) is 25.4. The summed E-state index contributed by atoms with van der Waals surface area (Å²) in [5.41, 5.74) is 1.34. The lowest BCUT2D eigenvalue weighted by Crippen LogP contribution is -2.56. The number of hydrogen-bond donors (Lipinski definition) is 3. The third-order valence-electron chi connectivity index (χ3n) is 5.10. The van der Waals surface area contributed by atoms with Gasteiger partial charge >= 0.3 is 6.03 Å². The van der Waals surface area contributed by atoms with Crippen LogP contribution in [-0.2, 0) is 6.54 Å². The van der Waals surface area contributed by atoms with Crippen LogP contribution in [0.1, 0.15) is 32.8 Å². The largest absolute Gasteiger partial charge is 0.396 e. The number of nitrogens with zero attached hydrogens (tertiary/aromatic N) is 1. The van der Waals surface area contributed by atoms with Crippen molar-refractivity contribution in [3.8, 4) is 0 Å². The van der Waals surface area contributed by atoms with E-state index in [9.17, 15) is 4.79 Å². The van der Waals surface area contributed by atoms with Gasteiger partial charge in [0.2, 0.25) is 0 Å². The number of nitrogens with one attached hydrogen (secondary N) is 2. The number of hydrogen-bond acceptors (Lipinski definition) is 3. The van der Waals surface area contributed by atoms with Gasteiger partial charge in [-0.25, -0.2) is 4.79 Å². The smallest absolute Gasteiger partial charge is 0.315 e. The Bertz CT molecular complexity index is 511. The van der Waals surface area contributed by atoms with Gasteiger partial charge in [0, 0.05) is 38.8 Å². The summed E-state index contributed by atoms with van der Waals surface area (Å²) >= 11 is 0. The molecule has 3 unspecified atom stereocenters. The molecule has 0 bridgehead atoms. The molecule has 2 amide bonds. The van der Waals surface area contributed by atoms with Crippen LogP contribution in [0.2, 0.25) is 0 Å². The summed E-state index contributed by atoms with van der Waals surface area (Å²) in [5.74, 6) is 1.11. The number of likely N-dealkylation sites (tertiary alicyclic amines) is 1. The number of urea groups is 1. The quantitative estimate of drug-likeness (QED) is 0.710. The van der Waals surface area contributed by atoms with E-state index >= 15 is 0 Å². The molecule has 1 heterocycles. The predicted octanol–water partition coefficient (Wildman–Crippen LogP) is 2.46. The molecule has 0 saturated carbocycles. The predicted molar refractivity (Wildman–Crippen MR) is 101 cm³/mol. The Kier molecular flexibility index (Phi) is 7.72. The Labute approximate surface area is 151 Å². The first-order valence-electron chi connectivity index (χ1n) is 9.41. The lowest BCUT2D eigenvalue weighted by molar-refractivity contribution is 0.0980. The van der Waals surface area contributed by atoms with E-state index < -0.39 is 0 Å². The van der Waals surface area contributed by atoms with E-state index in [4.69, 9.17) is 5.11 Å². The van der Waals surface area contributed by atoms with E-state index in [0.29, 0.717) is 30.7 Å². The number of benzene rings is 1. The maximum Gasteiger partial charge on any atom is 0.315 e. The van der Waals surface area contributed by atoms with Gasteiger partial charge in [-0.1, -0.05) is 51.1 Å². The van der Waals surface area contributed by atoms with Crippen molar-refractivity contribution in [2.24, 2.45) is 17.8 Å². The fraction of sp³-hybridized carbons (Fsp3) is 0.650. The zero-order valence-electron chi connectivity index (χ0n) is 15.7. The second kappa shape index (κ2) is 9.78. The van der Waals surface area contributed by atoms with Crippen LogP contribution >= 0.6 is 0 Å². The molecule has 5 nitrogen and oxygen atoms in total. The average molecular weight is 348 g/mol. The number of carbonyl (C=O) groups excluding carboxylic acids is 1. The summed E-state index contributed by atoms with van der Waals surface area (Å²) in [6.07, 6.45) is 0.713. The minimum atomic E-state index is -0.0926. The molecule has 1 aromatic carbocycles. The molecule has 3 atom stereocenters. The Morgan fingerprint density at radius 2 is 1.88 bits per heavy atom. The van der Waals surface area contributed by atoms with Gasteiger partial charge in [0.25, 0.3) is 0 Å². The van der Waals surface area contributed by atoms with E-state index in [0.717, 1.165) is 19.6 Å². The zero-order chi connectivity index (χ0) is 18.2. The molecule has 3 N–H and O–H groups in total. The molecule has 5 heteroatoms. The number of carbonyl (C=O) groups is 1. The van der Waals surface area contributed by atoms with Crippen molar-refractivity contribution in [1.82, 2.24) is 15.5 Å². The van der Waals surface area contributed by atoms with Crippen molar-refractivity contribution in [2.75, 3.05) is 26.2 Å². The maximum atomic E-state index is 12.2.